The van der Waals surface area contributed by atoms with Crippen molar-refractivity contribution < 1.29 is 9.59 Å². The Bertz CT molecular complexity index is 516. The third-order valence-electron chi connectivity index (χ3n) is 3.69. The lowest BCUT2D eigenvalue weighted by Gasteiger charge is -2.33. The number of ketones is 1. The molecule has 4 heteroatoms. The monoisotopic (exact) mass is 337 g/mol. The first-order valence-corrected chi connectivity index (χ1v) is 7.71. The van der Waals surface area contributed by atoms with Gasteiger partial charge in [0.2, 0.25) is 5.91 Å². The first-order chi connectivity index (χ1) is 9.30. The average molecular weight is 338 g/mol. The highest BCUT2D eigenvalue weighted by molar-refractivity contribution is 9.10. The molecule has 1 atom stereocenters. The molecule has 0 aliphatic carbocycles. The molecule has 0 saturated carbocycles. The van der Waals surface area contributed by atoms with E-state index in [0.29, 0.717) is 13.0 Å². The van der Waals surface area contributed by atoms with Gasteiger partial charge in [0.15, 0.2) is 5.78 Å². The number of halogens is 1. The molecular formula is C16H20BrNO2. The highest BCUT2D eigenvalue weighted by Crippen LogP contribution is 2.30. The first-order valence-electron chi connectivity index (χ1n) is 6.92. The van der Waals surface area contributed by atoms with Gasteiger partial charge in [-0.1, -0.05) is 33.6 Å². The predicted molar refractivity (Wildman–Crippen MR) is 84.3 cm³/mol. The van der Waals surface area contributed by atoms with E-state index in [4.69, 9.17) is 0 Å². The summed E-state index contributed by atoms with van der Waals surface area (Å²) >= 11 is 3.37. The van der Waals surface area contributed by atoms with Crippen molar-refractivity contribution in [1.82, 2.24) is 0 Å². The number of hydrogen-bond donors (Lipinski definition) is 0. The number of carbonyl (C=O) groups excluding carboxylic acids is 2. The minimum atomic E-state index is -0.649. The molecule has 0 radical (unpaired) electrons. The molecule has 0 spiro atoms. The lowest BCUT2D eigenvalue weighted by atomic mass is 9.87. The Balaban J connectivity index is 2.23. The second-order valence-corrected chi connectivity index (χ2v) is 7.84. The molecule has 0 bridgehead atoms. The largest absolute Gasteiger partial charge is 0.312 e. The van der Waals surface area contributed by atoms with E-state index in [-0.39, 0.29) is 11.7 Å². The number of anilines is 1. The molecular weight excluding hydrogens is 318 g/mol. The summed E-state index contributed by atoms with van der Waals surface area (Å²) in [6.07, 6.45) is 1.51. The number of hydrogen-bond acceptors (Lipinski definition) is 2. The van der Waals surface area contributed by atoms with E-state index >= 15 is 0 Å². The van der Waals surface area contributed by atoms with Crippen molar-refractivity contribution in [2.24, 2.45) is 5.92 Å². The number of nitrogens with zero attached hydrogens (tertiary/aromatic N) is 1. The van der Waals surface area contributed by atoms with E-state index in [9.17, 15) is 9.59 Å². The zero-order valence-corrected chi connectivity index (χ0v) is 13.7. The highest BCUT2D eigenvalue weighted by Gasteiger charge is 2.40. The topological polar surface area (TPSA) is 37.4 Å². The van der Waals surface area contributed by atoms with Gasteiger partial charge < -0.3 is 4.90 Å². The Labute approximate surface area is 128 Å². The Kier molecular flexibility index (Phi) is 4.33. The predicted octanol–water partition coefficient (Wildman–Crippen LogP) is 3.48. The summed E-state index contributed by atoms with van der Waals surface area (Å²) in [6.45, 7) is 6.30. The van der Waals surface area contributed by atoms with Crippen LogP contribution in [0.3, 0.4) is 0 Å². The molecule has 1 aliphatic rings. The molecule has 0 N–H and O–H groups in total. The van der Waals surface area contributed by atoms with Crippen LogP contribution in [-0.4, -0.2) is 22.6 Å². The molecule has 1 saturated heterocycles. The number of rotatable bonds is 3. The number of amides is 1. The zero-order chi connectivity index (χ0) is 14.9. The average Bonchev–Trinajstić information content (AvgIpc) is 2.38. The smallest absolute Gasteiger partial charge is 0.237 e. The zero-order valence-electron chi connectivity index (χ0n) is 12.1. The minimum Gasteiger partial charge on any atom is -0.312 e. The summed E-state index contributed by atoms with van der Waals surface area (Å²) in [4.78, 5) is 26.7. The Morgan fingerprint density at radius 3 is 2.45 bits per heavy atom. The van der Waals surface area contributed by atoms with Gasteiger partial charge >= 0.3 is 0 Å². The third-order valence-corrected chi connectivity index (χ3v) is 4.08. The molecule has 0 unspecified atom stereocenters. The maximum absolute atomic E-state index is 12.6. The van der Waals surface area contributed by atoms with Crippen molar-refractivity contribution in [1.29, 1.82) is 0 Å². The maximum Gasteiger partial charge on any atom is 0.237 e. The molecule has 1 aromatic carbocycles. The van der Waals surface area contributed by atoms with Gasteiger partial charge in [-0.2, -0.15) is 0 Å². The second kappa shape index (κ2) is 5.68. The van der Waals surface area contributed by atoms with Gasteiger partial charge in [-0.3, -0.25) is 9.59 Å². The summed E-state index contributed by atoms with van der Waals surface area (Å²) in [5, 5.41) is 0. The van der Waals surface area contributed by atoms with Crippen LogP contribution >= 0.6 is 15.9 Å². The van der Waals surface area contributed by atoms with E-state index < -0.39 is 10.2 Å². The van der Waals surface area contributed by atoms with Crippen LogP contribution in [0.25, 0.3) is 0 Å². The van der Waals surface area contributed by atoms with Gasteiger partial charge in [-0.25, -0.2) is 0 Å². The molecule has 1 heterocycles. The van der Waals surface area contributed by atoms with Crippen molar-refractivity contribution in [2.45, 2.75) is 37.9 Å². The lowest BCUT2D eigenvalue weighted by Crippen LogP contribution is -2.48. The maximum atomic E-state index is 12.6. The number of carbonyl (C=O) groups is 2. The minimum absolute atomic E-state index is 0.0284. The van der Waals surface area contributed by atoms with Gasteiger partial charge in [-0.05, 0) is 45.7 Å². The van der Waals surface area contributed by atoms with E-state index in [1.165, 1.54) is 0 Å². The van der Waals surface area contributed by atoms with Crippen LogP contribution in [0.4, 0.5) is 5.69 Å². The van der Waals surface area contributed by atoms with E-state index in [1.807, 2.05) is 31.2 Å². The molecule has 108 valence electrons. The van der Waals surface area contributed by atoms with E-state index in [1.54, 1.807) is 18.7 Å². The normalized spacial score (nSPS) is 20.1. The van der Waals surface area contributed by atoms with Gasteiger partial charge in [0.25, 0.3) is 0 Å². The van der Waals surface area contributed by atoms with Crippen LogP contribution in [0.15, 0.2) is 24.3 Å². The number of Topliss-reactive ketones (excluding diaryl/α,β-unsaturated/α-hetero) is 1. The second-order valence-electron chi connectivity index (χ2n) is 5.86. The fourth-order valence-corrected chi connectivity index (χ4v) is 2.79. The molecule has 1 fully saturated rings. The van der Waals surface area contributed by atoms with E-state index in [0.717, 1.165) is 17.7 Å². The van der Waals surface area contributed by atoms with Crippen molar-refractivity contribution in [3.8, 4) is 0 Å². The van der Waals surface area contributed by atoms with Crippen LogP contribution in [0.1, 0.15) is 32.3 Å². The van der Waals surface area contributed by atoms with Crippen molar-refractivity contribution in [3.63, 3.8) is 0 Å². The summed E-state index contributed by atoms with van der Waals surface area (Å²) in [5.74, 6) is -0.628. The molecule has 2 rings (SSSR count). The van der Waals surface area contributed by atoms with Gasteiger partial charge in [0.1, 0.15) is 0 Å². The third kappa shape index (κ3) is 3.11. The molecule has 1 aliphatic heterocycles. The number of alkyl halides is 1. The standard InChI is InChI=1S/C16H20BrNO2/c1-11-6-8-12(9-7-11)18-10-4-5-13(15(18)20)14(19)16(2,3)17/h6-9,13H,4-5,10H2,1-3H3/t13-/m0/s1. The fraction of sp³-hybridized carbons (Fsp3) is 0.500. The van der Waals surface area contributed by atoms with E-state index in [2.05, 4.69) is 15.9 Å². The molecule has 3 nitrogen and oxygen atoms in total. The van der Waals surface area contributed by atoms with Crippen LogP contribution in [0.5, 0.6) is 0 Å². The summed E-state index contributed by atoms with van der Waals surface area (Å²) in [7, 11) is 0. The van der Waals surface area contributed by atoms with Gasteiger partial charge in [-0.15, -0.1) is 0 Å². The van der Waals surface area contributed by atoms with Crippen molar-refractivity contribution >= 4 is 33.3 Å². The van der Waals surface area contributed by atoms with Crippen LogP contribution in [0, 0.1) is 12.8 Å². The fourth-order valence-electron chi connectivity index (χ4n) is 2.51. The molecule has 0 aromatic heterocycles. The Hall–Kier alpha value is -1.16. The summed E-state index contributed by atoms with van der Waals surface area (Å²) < 4.78 is -0.649. The summed E-state index contributed by atoms with van der Waals surface area (Å²) in [5.41, 5.74) is 2.04. The van der Waals surface area contributed by atoms with Crippen LogP contribution in [0.2, 0.25) is 0 Å². The first kappa shape index (κ1) is 15.2. The Morgan fingerprint density at radius 2 is 1.90 bits per heavy atom. The quantitative estimate of drug-likeness (QED) is 0.625. The number of aryl methyl sites for hydroxylation is 1. The highest BCUT2D eigenvalue weighted by atomic mass is 79.9. The van der Waals surface area contributed by atoms with Gasteiger partial charge in [0, 0.05) is 12.2 Å². The molecule has 20 heavy (non-hydrogen) atoms. The number of benzene rings is 1. The molecule has 1 amide bonds. The number of piperidine rings is 1. The summed E-state index contributed by atoms with van der Waals surface area (Å²) in [6, 6.07) is 7.86. The van der Waals surface area contributed by atoms with Gasteiger partial charge in [0.05, 0.1) is 10.2 Å². The van der Waals surface area contributed by atoms with Crippen LogP contribution in [-0.2, 0) is 9.59 Å². The van der Waals surface area contributed by atoms with Crippen LogP contribution < -0.4 is 4.90 Å². The SMILES string of the molecule is Cc1ccc(N2CCC[C@@H](C(=O)C(C)(C)Br)C2=O)cc1. The Morgan fingerprint density at radius 1 is 1.30 bits per heavy atom. The van der Waals surface area contributed by atoms with Crippen molar-refractivity contribution in [2.75, 3.05) is 11.4 Å². The molecule has 1 aromatic rings. The lowest BCUT2D eigenvalue weighted by molar-refractivity contribution is -0.134. The van der Waals surface area contributed by atoms with Crippen molar-refractivity contribution in [3.05, 3.63) is 29.8 Å².